The van der Waals surface area contributed by atoms with Crippen molar-refractivity contribution in [2.45, 2.75) is 4.34 Å². The number of rotatable bonds is 7. The highest BCUT2D eigenvalue weighted by Crippen LogP contribution is 2.28. The molecule has 0 aliphatic rings. The molecule has 2 N–H and O–H groups in total. The number of para-hydroxylation sites is 1. The zero-order valence-electron chi connectivity index (χ0n) is 16.5. The number of thioether (sulfide) groups is 1. The Kier molecular flexibility index (Phi) is 6.44. The van der Waals surface area contributed by atoms with Crippen molar-refractivity contribution in [2.24, 2.45) is 0 Å². The van der Waals surface area contributed by atoms with E-state index in [9.17, 15) is 9.59 Å². The Morgan fingerprint density at radius 2 is 1.74 bits per heavy atom. The van der Waals surface area contributed by atoms with Crippen molar-refractivity contribution in [1.29, 1.82) is 0 Å². The Bertz CT molecular complexity index is 1240. The Labute approximate surface area is 186 Å². The summed E-state index contributed by atoms with van der Waals surface area (Å²) in [5.41, 5.74) is 1.18. The largest absolute Gasteiger partial charge is 0.496 e. The minimum Gasteiger partial charge on any atom is -0.496 e. The summed E-state index contributed by atoms with van der Waals surface area (Å²) in [4.78, 5) is 24.9. The molecule has 156 valence electrons. The first-order valence-corrected chi connectivity index (χ1v) is 11.1. The van der Waals surface area contributed by atoms with Gasteiger partial charge in [-0.15, -0.1) is 10.2 Å². The van der Waals surface area contributed by atoms with Crippen molar-refractivity contribution in [1.82, 2.24) is 10.2 Å². The molecule has 0 aliphatic heterocycles. The van der Waals surface area contributed by atoms with Gasteiger partial charge >= 0.3 is 0 Å². The number of hydrogen-bond donors (Lipinski definition) is 2. The smallest absolute Gasteiger partial charge is 0.261 e. The zero-order chi connectivity index (χ0) is 21.6. The Hall–Kier alpha value is -3.43. The first-order chi connectivity index (χ1) is 15.1. The van der Waals surface area contributed by atoms with Crippen molar-refractivity contribution in [3.05, 3.63) is 72.3 Å². The highest BCUT2D eigenvalue weighted by molar-refractivity contribution is 8.01. The number of ether oxygens (including phenoxy) is 1. The molecule has 0 unspecified atom stereocenters. The first-order valence-electron chi connectivity index (χ1n) is 9.32. The maximum atomic E-state index is 12.5. The molecule has 0 bridgehead atoms. The van der Waals surface area contributed by atoms with Gasteiger partial charge in [0.25, 0.3) is 5.91 Å². The van der Waals surface area contributed by atoms with Crippen LogP contribution >= 0.6 is 23.1 Å². The summed E-state index contributed by atoms with van der Waals surface area (Å²) < 4.78 is 5.79. The maximum Gasteiger partial charge on any atom is 0.261 e. The van der Waals surface area contributed by atoms with E-state index in [0.717, 1.165) is 16.5 Å². The molecule has 4 aromatic rings. The standard InChI is InChI=1S/C22H18N4O3S2/c1-29-18-12-5-4-10-16(18)20(28)24-21-25-26-22(31-21)30-13-19(27)23-17-11-6-8-14-7-2-3-9-15(14)17/h2-12H,13H2,1H3,(H,23,27)(H,24,25,28). The van der Waals surface area contributed by atoms with E-state index in [1.807, 2.05) is 42.5 Å². The summed E-state index contributed by atoms with van der Waals surface area (Å²) in [5, 5.41) is 16.1. The lowest BCUT2D eigenvalue weighted by atomic mass is 10.1. The van der Waals surface area contributed by atoms with Crippen LogP contribution in [0, 0.1) is 0 Å². The van der Waals surface area contributed by atoms with Gasteiger partial charge in [0.15, 0.2) is 4.34 Å². The predicted octanol–water partition coefficient (Wildman–Crippen LogP) is 4.68. The van der Waals surface area contributed by atoms with Gasteiger partial charge in [-0.25, -0.2) is 0 Å². The molecule has 0 fully saturated rings. The molecule has 0 aliphatic carbocycles. The van der Waals surface area contributed by atoms with Crippen molar-refractivity contribution in [2.75, 3.05) is 23.5 Å². The summed E-state index contributed by atoms with van der Waals surface area (Å²) in [6, 6.07) is 20.6. The highest BCUT2D eigenvalue weighted by Gasteiger charge is 2.15. The number of methoxy groups -OCH3 is 1. The SMILES string of the molecule is COc1ccccc1C(=O)Nc1nnc(SCC(=O)Nc2cccc3ccccc23)s1. The summed E-state index contributed by atoms with van der Waals surface area (Å²) in [5.74, 6) is 0.178. The Morgan fingerprint density at radius 1 is 0.968 bits per heavy atom. The van der Waals surface area contributed by atoms with E-state index in [2.05, 4.69) is 20.8 Å². The Morgan fingerprint density at radius 3 is 2.61 bits per heavy atom. The molecule has 9 heteroatoms. The topological polar surface area (TPSA) is 93.2 Å². The van der Waals surface area contributed by atoms with Gasteiger partial charge in [0.1, 0.15) is 5.75 Å². The third-order valence-electron chi connectivity index (χ3n) is 4.37. The molecular formula is C22H18N4O3S2. The maximum absolute atomic E-state index is 12.5. The van der Waals surface area contributed by atoms with Gasteiger partial charge < -0.3 is 10.1 Å². The minimum atomic E-state index is -0.334. The third kappa shape index (κ3) is 5.01. The predicted molar refractivity (Wildman–Crippen MR) is 124 cm³/mol. The van der Waals surface area contributed by atoms with Crippen LogP contribution in [-0.4, -0.2) is 34.9 Å². The molecule has 1 aromatic heterocycles. The quantitative estimate of drug-likeness (QED) is 0.314. The molecule has 3 aromatic carbocycles. The molecule has 31 heavy (non-hydrogen) atoms. The van der Waals surface area contributed by atoms with Gasteiger partial charge in [0.05, 0.1) is 18.4 Å². The second-order valence-electron chi connectivity index (χ2n) is 6.39. The van der Waals surface area contributed by atoms with Crippen LogP contribution in [0.4, 0.5) is 10.8 Å². The molecule has 0 spiro atoms. The number of benzene rings is 3. The summed E-state index contributed by atoms with van der Waals surface area (Å²) in [7, 11) is 1.51. The van der Waals surface area contributed by atoms with Crippen molar-refractivity contribution in [3.8, 4) is 5.75 Å². The van der Waals surface area contributed by atoms with Gasteiger partial charge in [-0.05, 0) is 23.6 Å². The van der Waals surface area contributed by atoms with Crippen LogP contribution in [0.15, 0.2) is 71.1 Å². The molecule has 1 heterocycles. The van der Waals surface area contributed by atoms with Gasteiger partial charge in [-0.1, -0.05) is 71.6 Å². The number of fused-ring (bicyclic) bond motifs is 1. The van der Waals surface area contributed by atoms with Gasteiger partial charge in [-0.3, -0.25) is 14.9 Å². The van der Waals surface area contributed by atoms with E-state index >= 15 is 0 Å². The fourth-order valence-electron chi connectivity index (χ4n) is 2.96. The number of hydrogen-bond acceptors (Lipinski definition) is 7. The van der Waals surface area contributed by atoms with Crippen molar-refractivity contribution >= 4 is 56.5 Å². The van der Waals surface area contributed by atoms with Gasteiger partial charge in [0.2, 0.25) is 11.0 Å². The van der Waals surface area contributed by atoms with Gasteiger partial charge in [0, 0.05) is 11.1 Å². The van der Waals surface area contributed by atoms with Crippen LogP contribution in [0.2, 0.25) is 0 Å². The number of nitrogens with zero attached hydrogens (tertiary/aromatic N) is 2. The molecule has 4 rings (SSSR count). The molecule has 0 atom stereocenters. The molecular weight excluding hydrogens is 432 g/mol. The van der Waals surface area contributed by atoms with Crippen LogP contribution < -0.4 is 15.4 Å². The number of nitrogens with one attached hydrogen (secondary N) is 2. The summed E-state index contributed by atoms with van der Waals surface area (Å²) >= 11 is 2.47. The summed E-state index contributed by atoms with van der Waals surface area (Å²) in [6.07, 6.45) is 0. The fraction of sp³-hybridized carbons (Fsp3) is 0.0909. The third-order valence-corrected chi connectivity index (χ3v) is 6.34. The van der Waals surface area contributed by atoms with Crippen LogP contribution in [0.5, 0.6) is 5.75 Å². The zero-order valence-corrected chi connectivity index (χ0v) is 18.1. The van der Waals surface area contributed by atoms with Crippen LogP contribution in [0.25, 0.3) is 10.8 Å². The number of carbonyl (C=O) groups excluding carboxylic acids is 2. The number of aromatic nitrogens is 2. The first kappa shape index (κ1) is 20.8. The van der Waals surface area contributed by atoms with E-state index in [4.69, 9.17) is 4.74 Å². The lowest BCUT2D eigenvalue weighted by Crippen LogP contribution is -2.14. The normalized spacial score (nSPS) is 10.6. The van der Waals surface area contributed by atoms with Crippen molar-refractivity contribution in [3.63, 3.8) is 0 Å². The molecule has 0 radical (unpaired) electrons. The van der Waals surface area contributed by atoms with Gasteiger partial charge in [-0.2, -0.15) is 0 Å². The van der Waals surface area contributed by atoms with Crippen molar-refractivity contribution < 1.29 is 14.3 Å². The van der Waals surface area contributed by atoms with Crippen LogP contribution in [-0.2, 0) is 4.79 Å². The lowest BCUT2D eigenvalue weighted by Gasteiger charge is -2.08. The number of carbonyl (C=O) groups is 2. The monoisotopic (exact) mass is 450 g/mol. The number of amides is 2. The highest BCUT2D eigenvalue weighted by atomic mass is 32.2. The van der Waals surface area contributed by atoms with Crippen LogP contribution in [0.3, 0.4) is 0 Å². The average Bonchev–Trinajstić information content (AvgIpc) is 3.25. The fourth-order valence-corrected chi connectivity index (χ4v) is 4.51. The second kappa shape index (κ2) is 9.59. The molecule has 0 saturated heterocycles. The molecule has 2 amide bonds. The molecule has 7 nitrogen and oxygen atoms in total. The summed E-state index contributed by atoms with van der Waals surface area (Å²) in [6.45, 7) is 0. The van der Waals surface area contributed by atoms with Crippen LogP contribution in [0.1, 0.15) is 10.4 Å². The van der Waals surface area contributed by atoms with E-state index in [1.165, 1.54) is 30.2 Å². The Balaban J connectivity index is 1.35. The van der Waals surface area contributed by atoms with E-state index in [1.54, 1.807) is 24.3 Å². The van der Waals surface area contributed by atoms with E-state index in [-0.39, 0.29) is 17.6 Å². The lowest BCUT2D eigenvalue weighted by molar-refractivity contribution is -0.113. The minimum absolute atomic E-state index is 0.142. The van der Waals surface area contributed by atoms with E-state index < -0.39 is 0 Å². The number of anilines is 2. The molecule has 0 saturated carbocycles. The second-order valence-corrected chi connectivity index (χ2v) is 8.59. The average molecular weight is 451 g/mol. The van der Waals surface area contributed by atoms with E-state index in [0.29, 0.717) is 20.8 Å².